The Kier molecular flexibility index (Phi) is 8.35. The molecule has 136 valence electrons. The number of carbonyl (C=O) groups excluding carboxylic acids is 1. The molecule has 0 spiro atoms. The molecule has 0 aliphatic carbocycles. The number of ether oxygens (including phenoxy) is 1. The monoisotopic (exact) mass is 349 g/mol. The summed E-state index contributed by atoms with van der Waals surface area (Å²) in [5, 5.41) is 14.8. The number of nitrogens with zero attached hydrogens (tertiary/aromatic N) is 1. The maximum absolute atomic E-state index is 12.2. The molecule has 1 aliphatic rings. The molecule has 1 aromatic carbocycles. The van der Waals surface area contributed by atoms with Gasteiger partial charge in [-0.3, -0.25) is 9.69 Å². The van der Waals surface area contributed by atoms with Gasteiger partial charge in [0, 0.05) is 13.1 Å². The van der Waals surface area contributed by atoms with Gasteiger partial charge in [0.05, 0.1) is 12.5 Å². The van der Waals surface area contributed by atoms with E-state index in [2.05, 4.69) is 30.0 Å². The van der Waals surface area contributed by atoms with Crippen LogP contribution in [-0.2, 0) is 19.1 Å². The second kappa shape index (κ2) is 10.2. The number of carboxylic acids is 2. The summed E-state index contributed by atoms with van der Waals surface area (Å²) in [7, 11) is 0. The Morgan fingerprint density at radius 1 is 1.12 bits per heavy atom. The lowest BCUT2D eigenvalue weighted by Crippen LogP contribution is -2.38. The Labute approximate surface area is 146 Å². The number of carbonyl (C=O) groups is 3. The van der Waals surface area contributed by atoms with E-state index in [-0.39, 0.29) is 11.9 Å². The van der Waals surface area contributed by atoms with Gasteiger partial charge in [-0.15, -0.1) is 0 Å². The standard InChI is InChI=1S/C16H21NO2.C2H2O4/c1-3-17-11-10-14(13-8-6-5-7-9-13)15(12-17)16(18)19-4-2;3-1(4)2(5)6/h5-10,15H,3-4,11-12H2,1-2H3;(H,3,4)(H,5,6). The van der Waals surface area contributed by atoms with Gasteiger partial charge in [0.2, 0.25) is 0 Å². The van der Waals surface area contributed by atoms with E-state index in [1.807, 2.05) is 25.1 Å². The molecular weight excluding hydrogens is 326 g/mol. The Bertz CT molecular complexity index is 614. The second-order valence-electron chi connectivity index (χ2n) is 5.29. The number of rotatable bonds is 4. The Morgan fingerprint density at radius 3 is 2.20 bits per heavy atom. The number of benzene rings is 1. The zero-order chi connectivity index (χ0) is 18.8. The third-order valence-electron chi connectivity index (χ3n) is 3.69. The summed E-state index contributed by atoms with van der Waals surface area (Å²) in [6.07, 6.45) is 2.16. The predicted octanol–water partition coefficient (Wildman–Crippen LogP) is 1.74. The van der Waals surface area contributed by atoms with Crippen LogP contribution in [0.1, 0.15) is 19.4 Å². The minimum atomic E-state index is -1.82. The third-order valence-corrected chi connectivity index (χ3v) is 3.69. The fourth-order valence-corrected chi connectivity index (χ4v) is 2.45. The van der Waals surface area contributed by atoms with Crippen molar-refractivity contribution in [3.63, 3.8) is 0 Å². The smallest absolute Gasteiger partial charge is 0.414 e. The largest absolute Gasteiger partial charge is 0.473 e. The van der Waals surface area contributed by atoms with E-state index in [1.165, 1.54) is 0 Å². The van der Waals surface area contributed by atoms with Crippen LogP contribution in [-0.4, -0.2) is 59.3 Å². The van der Waals surface area contributed by atoms with E-state index in [9.17, 15) is 4.79 Å². The first kappa shape index (κ1) is 20.4. The van der Waals surface area contributed by atoms with Gasteiger partial charge in [-0.2, -0.15) is 0 Å². The molecule has 0 fully saturated rings. The molecule has 1 aliphatic heterocycles. The molecule has 0 bridgehead atoms. The zero-order valence-corrected chi connectivity index (χ0v) is 14.3. The van der Waals surface area contributed by atoms with Crippen molar-refractivity contribution in [1.82, 2.24) is 4.90 Å². The number of hydrogen-bond acceptors (Lipinski definition) is 5. The molecule has 1 heterocycles. The second-order valence-corrected chi connectivity index (χ2v) is 5.29. The van der Waals surface area contributed by atoms with Crippen LogP contribution in [0, 0.1) is 5.92 Å². The predicted molar refractivity (Wildman–Crippen MR) is 91.9 cm³/mol. The van der Waals surface area contributed by atoms with Crippen LogP contribution in [0.3, 0.4) is 0 Å². The molecule has 2 rings (SSSR count). The molecule has 7 heteroatoms. The van der Waals surface area contributed by atoms with E-state index in [0.29, 0.717) is 6.61 Å². The molecule has 0 aromatic heterocycles. The zero-order valence-electron chi connectivity index (χ0n) is 14.3. The van der Waals surface area contributed by atoms with Crippen LogP contribution in [0.25, 0.3) is 5.57 Å². The van der Waals surface area contributed by atoms with Gasteiger partial charge in [0.1, 0.15) is 0 Å². The van der Waals surface area contributed by atoms with Crippen LogP contribution >= 0.6 is 0 Å². The van der Waals surface area contributed by atoms with Crippen molar-refractivity contribution < 1.29 is 29.3 Å². The van der Waals surface area contributed by atoms with Crippen LogP contribution in [0.2, 0.25) is 0 Å². The molecule has 0 saturated heterocycles. The Hall–Kier alpha value is -2.67. The van der Waals surface area contributed by atoms with Gasteiger partial charge < -0.3 is 14.9 Å². The third kappa shape index (κ3) is 6.39. The molecule has 2 N–H and O–H groups in total. The van der Waals surface area contributed by atoms with E-state index in [1.54, 1.807) is 0 Å². The van der Waals surface area contributed by atoms with Crippen LogP contribution in [0.4, 0.5) is 0 Å². The highest BCUT2D eigenvalue weighted by molar-refractivity contribution is 6.27. The maximum Gasteiger partial charge on any atom is 0.414 e. The van der Waals surface area contributed by atoms with Gasteiger partial charge >= 0.3 is 17.9 Å². The summed E-state index contributed by atoms with van der Waals surface area (Å²) in [4.78, 5) is 32.6. The van der Waals surface area contributed by atoms with Crippen molar-refractivity contribution in [3.8, 4) is 0 Å². The first-order chi connectivity index (χ1) is 11.9. The molecule has 7 nitrogen and oxygen atoms in total. The van der Waals surface area contributed by atoms with Gasteiger partial charge in [-0.1, -0.05) is 43.3 Å². The van der Waals surface area contributed by atoms with Crippen LogP contribution < -0.4 is 0 Å². The first-order valence-electron chi connectivity index (χ1n) is 8.01. The summed E-state index contributed by atoms with van der Waals surface area (Å²) in [5.41, 5.74) is 2.22. The fraction of sp³-hybridized carbons (Fsp3) is 0.389. The molecule has 0 amide bonds. The quantitative estimate of drug-likeness (QED) is 0.630. The van der Waals surface area contributed by atoms with Crippen molar-refractivity contribution >= 4 is 23.5 Å². The highest BCUT2D eigenvalue weighted by atomic mass is 16.5. The van der Waals surface area contributed by atoms with Gasteiger partial charge in [0.25, 0.3) is 0 Å². The average molecular weight is 349 g/mol. The number of likely N-dealkylation sites (N-methyl/N-ethyl adjacent to an activating group) is 1. The lowest BCUT2D eigenvalue weighted by Gasteiger charge is -2.31. The molecule has 1 unspecified atom stereocenters. The van der Waals surface area contributed by atoms with Crippen LogP contribution in [0.5, 0.6) is 0 Å². The van der Waals surface area contributed by atoms with E-state index in [4.69, 9.17) is 24.5 Å². The molecule has 0 saturated carbocycles. The summed E-state index contributed by atoms with van der Waals surface area (Å²) < 4.78 is 5.22. The van der Waals surface area contributed by atoms with Crippen molar-refractivity contribution in [2.75, 3.05) is 26.2 Å². The summed E-state index contributed by atoms with van der Waals surface area (Å²) >= 11 is 0. The maximum atomic E-state index is 12.2. The highest BCUT2D eigenvalue weighted by Crippen LogP contribution is 2.28. The molecule has 25 heavy (non-hydrogen) atoms. The average Bonchev–Trinajstić information content (AvgIpc) is 2.62. The van der Waals surface area contributed by atoms with E-state index < -0.39 is 11.9 Å². The summed E-state index contributed by atoms with van der Waals surface area (Å²) in [5.74, 6) is -3.93. The lowest BCUT2D eigenvalue weighted by molar-refractivity contribution is -0.159. The lowest BCUT2D eigenvalue weighted by atomic mass is 9.89. The highest BCUT2D eigenvalue weighted by Gasteiger charge is 2.29. The summed E-state index contributed by atoms with van der Waals surface area (Å²) in [6, 6.07) is 10.1. The molecule has 0 radical (unpaired) electrons. The Balaban J connectivity index is 0.000000450. The van der Waals surface area contributed by atoms with Gasteiger partial charge in [-0.05, 0) is 24.6 Å². The Morgan fingerprint density at radius 2 is 1.72 bits per heavy atom. The molecular formula is C18H23NO6. The van der Waals surface area contributed by atoms with Gasteiger partial charge in [-0.25, -0.2) is 9.59 Å². The minimum Gasteiger partial charge on any atom is -0.473 e. The summed E-state index contributed by atoms with van der Waals surface area (Å²) in [6.45, 7) is 7.00. The van der Waals surface area contributed by atoms with Crippen molar-refractivity contribution in [1.29, 1.82) is 0 Å². The first-order valence-corrected chi connectivity index (χ1v) is 8.01. The number of carboxylic acid groups (broad SMARTS) is 2. The number of hydrogen-bond donors (Lipinski definition) is 2. The van der Waals surface area contributed by atoms with Gasteiger partial charge in [0.15, 0.2) is 0 Å². The molecule has 1 atom stereocenters. The van der Waals surface area contributed by atoms with Crippen molar-refractivity contribution in [3.05, 3.63) is 42.0 Å². The topological polar surface area (TPSA) is 104 Å². The SMILES string of the molecule is CCOC(=O)C1CN(CC)CC=C1c1ccccc1.O=C(O)C(=O)O. The van der Waals surface area contributed by atoms with Crippen molar-refractivity contribution in [2.45, 2.75) is 13.8 Å². The number of aliphatic carboxylic acids is 2. The minimum absolute atomic E-state index is 0.115. The van der Waals surface area contributed by atoms with Crippen LogP contribution in [0.15, 0.2) is 36.4 Å². The fourth-order valence-electron chi connectivity index (χ4n) is 2.45. The van der Waals surface area contributed by atoms with E-state index >= 15 is 0 Å². The number of esters is 1. The van der Waals surface area contributed by atoms with Crippen molar-refractivity contribution in [2.24, 2.45) is 5.92 Å². The van der Waals surface area contributed by atoms with E-state index in [0.717, 1.165) is 30.8 Å². The molecule has 1 aromatic rings. The normalized spacial score (nSPS) is 16.9.